The average Bonchev–Trinajstić information content (AvgIpc) is 2.98. The molecule has 0 amide bonds. The molecule has 2 atom stereocenters. The number of nitrogens with one attached hydrogen (secondary N) is 1. The van der Waals surface area contributed by atoms with Gasteiger partial charge in [0.25, 0.3) is 0 Å². The lowest BCUT2D eigenvalue weighted by atomic mass is 9.87. The van der Waals surface area contributed by atoms with E-state index in [-0.39, 0.29) is 5.60 Å². The number of hydrogen-bond acceptors (Lipinski definition) is 5. The Morgan fingerprint density at radius 3 is 3.04 bits per heavy atom. The second-order valence-electron chi connectivity index (χ2n) is 7.20. The van der Waals surface area contributed by atoms with E-state index in [4.69, 9.17) is 9.47 Å². The van der Waals surface area contributed by atoms with Crippen LogP contribution in [-0.4, -0.2) is 60.5 Å². The molecule has 3 saturated heterocycles. The number of piperidine rings is 1. The van der Waals surface area contributed by atoms with Crippen LogP contribution in [0.1, 0.15) is 32.1 Å². The maximum atomic E-state index is 6.33. The van der Waals surface area contributed by atoms with Crippen LogP contribution in [0.15, 0.2) is 24.5 Å². The molecule has 5 heteroatoms. The van der Waals surface area contributed by atoms with Crippen LogP contribution < -0.4 is 5.32 Å². The molecule has 0 aliphatic carbocycles. The van der Waals surface area contributed by atoms with E-state index in [2.05, 4.69) is 21.3 Å². The van der Waals surface area contributed by atoms with Crippen LogP contribution in [0.5, 0.6) is 0 Å². The fraction of sp³-hybridized carbons (Fsp3) is 0.722. The number of nitrogens with zero attached hydrogens (tertiary/aromatic N) is 2. The molecular weight excluding hydrogens is 290 g/mol. The summed E-state index contributed by atoms with van der Waals surface area (Å²) in [6.45, 7) is 4.94. The van der Waals surface area contributed by atoms with E-state index in [0.717, 1.165) is 38.5 Å². The minimum absolute atomic E-state index is 0.0520. The van der Waals surface area contributed by atoms with Crippen molar-refractivity contribution >= 4 is 5.69 Å². The summed E-state index contributed by atoms with van der Waals surface area (Å²) in [7, 11) is 0. The Kier molecular flexibility index (Phi) is 4.51. The van der Waals surface area contributed by atoms with Gasteiger partial charge in [-0.05, 0) is 50.8 Å². The van der Waals surface area contributed by atoms with E-state index in [1.54, 1.807) is 0 Å². The van der Waals surface area contributed by atoms with Gasteiger partial charge < -0.3 is 14.8 Å². The minimum Gasteiger partial charge on any atom is -0.381 e. The third kappa shape index (κ3) is 3.52. The topological polar surface area (TPSA) is 46.6 Å². The number of anilines is 1. The van der Waals surface area contributed by atoms with Crippen molar-refractivity contribution in [2.75, 3.05) is 38.2 Å². The number of hydrogen-bond donors (Lipinski definition) is 1. The molecule has 3 aliphatic rings. The molecule has 2 unspecified atom stereocenters. The van der Waals surface area contributed by atoms with Gasteiger partial charge >= 0.3 is 0 Å². The fourth-order valence-corrected chi connectivity index (χ4v) is 4.40. The van der Waals surface area contributed by atoms with Gasteiger partial charge in [0.2, 0.25) is 0 Å². The molecule has 4 rings (SSSR count). The quantitative estimate of drug-likeness (QED) is 0.927. The van der Waals surface area contributed by atoms with E-state index >= 15 is 0 Å². The molecule has 0 bridgehead atoms. The molecule has 0 saturated carbocycles. The number of likely N-dealkylation sites (tertiary alicyclic amines) is 1. The van der Waals surface area contributed by atoms with E-state index in [0.29, 0.717) is 12.1 Å². The Balaban J connectivity index is 1.36. The largest absolute Gasteiger partial charge is 0.381 e. The van der Waals surface area contributed by atoms with Crippen LogP contribution in [0, 0.1) is 0 Å². The maximum absolute atomic E-state index is 6.33. The summed E-state index contributed by atoms with van der Waals surface area (Å²) in [5.41, 5.74) is 1.14. The predicted molar refractivity (Wildman–Crippen MR) is 89.6 cm³/mol. The summed E-state index contributed by atoms with van der Waals surface area (Å²) >= 11 is 0. The maximum Gasteiger partial charge on any atom is 0.0830 e. The average molecular weight is 317 g/mol. The monoisotopic (exact) mass is 317 g/mol. The first kappa shape index (κ1) is 15.4. The van der Waals surface area contributed by atoms with E-state index < -0.39 is 0 Å². The number of pyridine rings is 1. The van der Waals surface area contributed by atoms with Crippen molar-refractivity contribution in [3.63, 3.8) is 0 Å². The normalized spacial score (nSPS) is 33.1. The second-order valence-corrected chi connectivity index (χ2v) is 7.20. The van der Waals surface area contributed by atoms with Gasteiger partial charge in [0.05, 0.1) is 23.9 Å². The van der Waals surface area contributed by atoms with E-state index in [9.17, 15) is 0 Å². The number of rotatable bonds is 3. The molecule has 1 N–H and O–H groups in total. The Hall–Kier alpha value is -1.17. The van der Waals surface area contributed by atoms with Gasteiger partial charge in [0.1, 0.15) is 0 Å². The van der Waals surface area contributed by atoms with Gasteiger partial charge in [-0.3, -0.25) is 9.88 Å². The van der Waals surface area contributed by atoms with Crippen molar-refractivity contribution in [2.24, 2.45) is 0 Å². The van der Waals surface area contributed by atoms with Crippen LogP contribution in [0.25, 0.3) is 0 Å². The third-order valence-electron chi connectivity index (χ3n) is 5.52. The molecule has 5 nitrogen and oxygen atoms in total. The van der Waals surface area contributed by atoms with Crippen LogP contribution in [0.4, 0.5) is 5.69 Å². The summed E-state index contributed by atoms with van der Waals surface area (Å²) in [4.78, 5) is 6.85. The van der Waals surface area contributed by atoms with Gasteiger partial charge in [-0.15, -0.1) is 0 Å². The molecule has 3 aliphatic heterocycles. The van der Waals surface area contributed by atoms with Gasteiger partial charge in [-0.1, -0.05) is 0 Å². The van der Waals surface area contributed by atoms with Crippen LogP contribution in [0.2, 0.25) is 0 Å². The van der Waals surface area contributed by atoms with E-state index in [1.807, 2.05) is 18.5 Å². The van der Waals surface area contributed by atoms with Crippen molar-refractivity contribution in [3.8, 4) is 0 Å². The Bertz CT molecular complexity index is 506. The zero-order chi connectivity index (χ0) is 15.5. The highest BCUT2D eigenvalue weighted by atomic mass is 16.5. The summed E-state index contributed by atoms with van der Waals surface area (Å²) in [6.07, 6.45) is 9.59. The molecule has 0 radical (unpaired) electrons. The van der Waals surface area contributed by atoms with Crippen molar-refractivity contribution in [1.29, 1.82) is 0 Å². The summed E-state index contributed by atoms with van der Waals surface area (Å²) in [5, 5.41) is 3.58. The summed E-state index contributed by atoms with van der Waals surface area (Å²) < 4.78 is 11.8. The molecule has 23 heavy (non-hydrogen) atoms. The highest BCUT2D eigenvalue weighted by Gasteiger charge is 2.44. The molecule has 1 spiro atoms. The van der Waals surface area contributed by atoms with Gasteiger partial charge in [-0.25, -0.2) is 0 Å². The summed E-state index contributed by atoms with van der Waals surface area (Å²) in [5.74, 6) is 0. The molecule has 0 aromatic carbocycles. The Morgan fingerprint density at radius 1 is 1.30 bits per heavy atom. The zero-order valence-electron chi connectivity index (χ0n) is 13.7. The molecule has 1 aromatic heterocycles. The standard InChI is InChI=1S/C18H27N3O2/c1-3-15(12-19-7-1)20-16-11-18(23-13-16)6-2-8-21(14-18)17-4-9-22-10-5-17/h1,3,7,12,16-17,20H,2,4-6,8-11,13-14H2. The smallest absolute Gasteiger partial charge is 0.0830 e. The Morgan fingerprint density at radius 2 is 2.22 bits per heavy atom. The molecule has 4 heterocycles. The molecule has 3 fully saturated rings. The highest BCUT2D eigenvalue weighted by Crippen LogP contribution is 2.37. The SMILES string of the molecule is c1cncc(NC2COC3(CCCN(C4CCOCC4)C3)C2)c1. The van der Waals surface area contributed by atoms with Crippen molar-refractivity contribution in [2.45, 2.75) is 49.8 Å². The number of ether oxygens (including phenoxy) is 2. The lowest BCUT2D eigenvalue weighted by Gasteiger charge is -2.44. The minimum atomic E-state index is 0.0520. The highest BCUT2D eigenvalue weighted by molar-refractivity contribution is 5.41. The van der Waals surface area contributed by atoms with Crippen molar-refractivity contribution < 1.29 is 9.47 Å². The fourth-order valence-electron chi connectivity index (χ4n) is 4.40. The van der Waals surface area contributed by atoms with Crippen molar-refractivity contribution in [3.05, 3.63) is 24.5 Å². The lowest BCUT2D eigenvalue weighted by molar-refractivity contribution is -0.0741. The van der Waals surface area contributed by atoms with Crippen LogP contribution >= 0.6 is 0 Å². The van der Waals surface area contributed by atoms with Crippen LogP contribution in [0.3, 0.4) is 0 Å². The summed E-state index contributed by atoms with van der Waals surface area (Å²) in [6, 6.07) is 5.14. The molecule has 1 aromatic rings. The molecule has 126 valence electrons. The van der Waals surface area contributed by atoms with Gasteiger partial charge in [-0.2, -0.15) is 0 Å². The van der Waals surface area contributed by atoms with E-state index in [1.165, 1.54) is 32.2 Å². The first-order valence-electron chi connectivity index (χ1n) is 8.95. The second kappa shape index (κ2) is 6.75. The van der Waals surface area contributed by atoms with Gasteiger partial charge in [0.15, 0.2) is 0 Å². The predicted octanol–water partition coefficient (Wildman–Crippen LogP) is 2.30. The number of aromatic nitrogens is 1. The molecular formula is C18H27N3O2. The third-order valence-corrected chi connectivity index (χ3v) is 5.52. The lowest BCUT2D eigenvalue weighted by Crippen LogP contribution is -2.53. The first-order valence-corrected chi connectivity index (χ1v) is 8.95. The van der Waals surface area contributed by atoms with Gasteiger partial charge in [0, 0.05) is 38.2 Å². The van der Waals surface area contributed by atoms with Crippen LogP contribution in [-0.2, 0) is 9.47 Å². The first-order chi connectivity index (χ1) is 11.3. The zero-order valence-corrected chi connectivity index (χ0v) is 13.7. The van der Waals surface area contributed by atoms with Crippen molar-refractivity contribution in [1.82, 2.24) is 9.88 Å². The Labute approximate surface area is 138 Å².